The van der Waals surface area contributed by atoms with Crippen LogP contribution in [0.4, 0.5) is 0 Å². The summed E-state index contributed by atoms with van der Waals surface area (Å²) in [7, 11) is 1.64. The van der Waals surface area contributed by atoms with Crippen LogP contribution in [0, 0.1) is 0 Å². The molecular weight excluding hydrogens is 272 g/mol. The largest absolute Gasteiger partial charge is 0.478 e. The number of carbonyl (C=O) groups is 2. The van der Waals surface area contributed by atoms with Crippen LogP contribution in [0.5, 0.6) is 0 Å². The number of rotatable bonds is 5. The molecule has 0 spiro atoms. The highest BCUT2D eigenvalue weighted by Gasteiger charge is 2.28. The van der Waals surface area contributed by atoms with Gasteiger partial charge in [0.1, 0.15) is 0 Å². The minimum atomic E-state index is -1.07. The molecule has 1 aliphatic rings. The van der Waals surface area contributed by atoms with Crippen LogP contribution in [0.3, 0.4) is 0 Å². The minimum absolute atomic E-state index is 0.00744. The Morgan fingerprint density at radius 2 is 2.29 bits per heavy atom. The number of carboxylic acid groups (broad SMARTS) is 1. The zero-order valence-electron chi connectivity index (χ0n) is 11.8. The smallest absolute Gasteiger partial charge is 0.328 e. The third kappa shape index (κ3) is 3.88. The summed E-state index contributed by atoms with van der Waals surface area (Å²) in [5, 5.41) is 11.6. The normalized spacial score (nSPS) is 21.6. The van der Waals surface area contributed by atoms with Gasteiger partial charge in [-0.2, -0.15) is 0 Å². The first kappa shape index (κ1) is 15.2. The molecule has 0 aliphatic heterocycles. The van der Waals surface area contributed by atoms with E-state index in [1.165, 1.54) is 18.5 Å². The molecule has 0 bridgehead atoms. The van der Waals surface area contributed by atoms with Gasteiger partial charge < -0.3 is 15.2 Å². The van der Waals surface area contributed by atoms with E-state index in [1.807, 2.05) is 0 Å². The molecule has 1 aliphatic carbocycles. The fourth-order valence-corrected chi connectivity index (χ4v) is 2.53. The second-order valence-corrected chi connectivity index (χ2v) is 4.92. The maximum absolute atomic E-state index is 12.4. The first-order valence-corrected chi connectivity index (χ1v) is 6.80. The van der Waals surface area contributed by atoms with Gasteiger partial charge in [0.25, 0.3) is 5.91 Å². The van der Waals surface area contributed by atoms with Crippen molar-refractivity contribution in [1.82, 2.24) is 10.3 Å². The van der Waals surface area contributed by atoms with Gasteiger partial charge in [0, 0.05) is 36.7 Å². The molecule has 1 heterocycles. The highest BCUT2D eigenvalue weighted by Crippen LogP contribution is 2.22. The molecule has 1 aromatic heterocycles. The van der Waals surface area contributed by atoms with Crippen molar-refractivity contribution in [2.45, 2.75) is 31.4 Å². The monoisotopic (exact) mass is 290 g/mol. The third-order valence-electron chi connectivity index (χ3n) is 3.57. The fourth-order valence-electron chi connectivity index (χ4n) is 2.53. The minimum Gasteiger partial charge on any atom is -0.478 e. The summed E-state index contributed by atoms with van der Waals surface area (Å²) in [6, 6.07) is 1.57. The zero-order chi connectivity index (χ0) is 15.2. The molecule has 112 valence electrons. The predicted octanol–water partition coefficient (Wildman–Crippen LogP) is 1.48. The molecular formula is C15H18N2O4. The van der Waals surface area contributed by atoms with Crippen LogP contribution in [0.25, 0.3) is 6.08 Å². The number of carboxylic acids is 1. The Balaban J connectivity index is 2.14. The highest BCUT2D eigenvalue weighted by molar-refractivity contribution is 5.99. The van der Waals surface area contributed by atoms with Crippen molar-refractivity contribution in [3.63, 3.8) is 0 Å². The quantitative estimate of drug-likeness (QED) is 0.802. The van der Waals surface area contributed by atoms with Crippen LogP contribution in [-0.4, -0.2) is 41.2 Å². The van der Waals surface area contributed by atoms with Crippen LogP contribution in [0.15, 0.2) is 24.5 Å². The molecule has 21 heavy (non-hydrogen) atoms. The number of nitrogens with one attached hydrogen (secondary N) is 1. The SMILES string of the molecule is COC1CCCC1NC(=O)c1ccncc1C=CC(=O)O. The lowest BCUT2D eigenvalue weighted by Crippen LogP contribution is -2.40. The molecule has 6 nitrogen and oxygen atoms in total. The van der Waals surface area contributed by atoms with Crippen LogP contribution >= 0.6 is 0 Å². The van der Waals surface area contributed by atoms with E-state index < -0.39 is 5.97 Å². The van der Waals surface area contributed by atoms with Gasteiger partial charge in [0.15, 0.2) is 0 Å². The maximum Gasteiger partial charge on any atom is 0.328 e. The summed E-state index contributed by atoms with van der Waals surface area (Å²) in [5.74, 6) is -1.31. The van der Waals surface area contributed by atoms with Crippen molar-refractivity contribution >= 4 is 18.0 Å². The van der Waals surface area contributed by atoms with E-state index in [0.717, 1.165) is 25.3 Å². The second-order valence-electron chi connectivity index (χ2n) is 4.92. The van der Waals surface area contributed by atoms with E-state index >= 15 is 0 Å². The Kier molecular flexibility index (Phi) is 5.05. The van der Waals surface area contributed by atoms with Crippen LogP contribution < -0.4 is 5.32 Å². The van der Waals surface area contributed by atoms with E-state index in [9.17, 15) is 9.59 Å². The third-order valence-corrected chi connectivity index (χ3v) is 3.57. The van der Waals surface area contributed by atoms with Gasteiger partial charge in [-0.05, 0) is 31.4 Å². The molecule has 1 aromatic rings. The van der Waals surface area contributed by atoms with Gasteiger partial charge in [-0.25, -0.2) is 4.79 Å². The molecule has 0 saturated heterocycles. The summed E-state index contributed by atoms with van der Waals surface area (Å²) in [6.45, 7) is 0. The molecule has 2 atom stereocenters. The lowest BCUT2D eigenvalue weighted by molar-refractivity contribution is -0.131. The average Bonchev–Trinajstić information content (AvgIpc) is 2.92. The summed E-state index contributed by atoms with van der Waals surface area (Å²) in [6.07, 6.45) is 8.21. The fraction of sp³-hybridized carbons (Fsp3) is 0.400. The van der Waals surface area contributed by atoms with Crippen molar-refractivity contribution < 1.29 is 19.4 Å². The van der Waals surface area contributed by atoms with Gasteiger partial charge in [0.05, 0.1) is 12.1 Å². The first-order chi connectivity index (χ1) is 10.1. The molecule has 6 heteroatoms. The molecule has 1 saturated carbocycles. The van der Waals surface area contributed by atoms with Crippen molar-refractivity contribution in [3.05, 3.63) is 35.7 Å². The predicted molar refractivity (Wildman–Crippen MR) is 76.8 cm³/mol. The van der Waals surface area contributed by atoms with E-state index in [2.05, 4.69) is 10.3 Å². The number of pyridine rings is 1. The first-order valence-electron chi connectivity index (χ1n) is 6.80. The van der Waals surface area contributed by atoms with E-state index in [0.29, 0.717) is 11.1 Å². The number of aromatic nitrogens is 1. The molecule has 1 fully saturated rings. The lowest BCUT2D eigenvalue weighted by atomic mass is 10.1. The Morgan fingerprint density at radius 1 is 1.48 bits per heavy atom. The Bertz CT molecular complexity index is 556. The van der Waals surface area contributed by atoms with Gasteiger partial charge in [-0.3, -0.25) is 9.78 Å². The van der Waals surface area contributed by atoms with Crippen molar-refractivity contribution in [3.8, 4) is 0 Å². The number of methoxy groups -OCH3 is 1. The van der Waals surface area contributed by atoms with Crippen LogP contribution in [0.1, 0.15) is 35.2 Å². The Labute approximate surface area is 122 Å². The van der Waals surface area contributed by atoms with Crippen LogP contribution in [0.2, 0.25) is 0 Å². The molecule has 0 aromatic carbocycles. The van der Waals surface area contributed by atoms with Crippen molar-refractivity contribution in [1.29, 1.82) is 0 Å². The molecule has 0 radical (unpaired) electrons. The molecule has 2 rings (SSSR count). The molecule has 2 N–H and O–H groups in total. The standard InChI is InChI=1S/C15H18N2O4/c1-21-13-4-2-3-12(13)17-15(20)11-7-8-16-9-10(11)5-6-14(18)19/h5-9,12-13H,2-4H2,1H3,(H,17,20)(H,18,19). The van der Waals surface area contributed by atoms with Gasteiger partial charge in [-0.1, -0.05) is 0 Å². The van der Waals surface area contributed by atoms with Gasteiger partial charge >= 0.3 is 5.97 Å². The summed E-state index contributed by atoms with van der Waals surface area (Å²) in [5.41, 5.74) is 0.883. The van der Waals surface area contributed by atoms with E-state index in [4.69, 9.17) is 9.84 Å². The number of carbonyl (C=O) groups excluding carboxylic acids is 1. The number of ether oxygens (including phenoxy) is 1. The number of nitrogens with zero attached hydrogens (tertiary/aromatic N) is 1. The van der Waals surface area contributed by atoms with Gasteiger partial charge in [-0.15, -0.1) is 0 Å². The zero-order valence-corrected chi connectivity index (χ0v) is 11.8. The van der Waals surface area contributed by atoms with Crippen molar-refractivity contribution in [2.75, 3.05) is 7.11 Å². The molecule has 1 amide bonds. The average molecular weight is 290 g/mol. The van der Waals surface area contributed by atoms with Crippen molar-refractivity contribution in [2.24, 2.45) is 0 Å². The highest BCUT2D eigenvalue weighted by atomic mass is 16.5. The Morgan fingerprint density at radius 3 is 3.00 bits per heavy atom. The maximum atomic E-state index is 12.4. The number of aliphatic carboxylic acids is 1. The van der Waals surface area contributed by atoms with Gasteiger partial charge in [0.2, 0.25) is 0 Å². The van der Waals surface area contributed by atoms with Crippen LogP contribution in [-0.2, 0) is 9.53 Å². The summed E-state index contributed by atoms with van der Waals surface area (Å²) in [4.78, 5) is 26.9. The Hall–Kier alpha value is -2.21. The summed E-state index contributed by atoms with van der Waals surface area (Å²) >= 11 is 0. The topological polar surface area (TPSA) is 88.5 Å². The lowest BCUT2D eigenvalue weighted by Gasteiger charge is -2.20. The number of hydrogen-bond donors (Lipinski definition) is 2. The molecule has 2 unspecified atom stereocenters. The number of amides is 1. The van der Waals surface area contributed by atoms with E-state index in [-0.39, 0.29) is 18.1 Å². The number of hydrogen-bond acceptors (Lipinski definition) is 4. The second kappa shape index (κ2) is 6.99. The summed E-state index contributed by atoms with van der Waals surface area (Å²) < 4.78 is 5.35. The van der Waals surface area contributed by atoms with E-state index in [1.54, 1.807) is 13.2 Å².